The molecule has 1 amide bonds. The third kappa shape index (κ3) is 6.22. The first-order valence-electron chi connectivity index (χ1n) is 11.3. The molecule has 0 aliphatic heterocycles. The number of anilines is 2. The number of carbonyl (C=O) groups excluding carboxylic acids is 1. The van der Waals surface area contributed by atoms with Gasteiger partial charge in [0.05, 0.1) is 11.2 Å². The highest BCUT2D eigenvalue weighted by Crippen LogP contribution is 2.28. The molecular formula is C27H25F2N3O4S. The summed E-state index contributed by atoms with van der Waals surface area (Å²) in [5.74, 6) is -1.31. The van der Waals surface area contributed by atoms with Gasteiger partial charge in [-0.25, -0.2) is 17.2 Å². The maximum Gasteiger partial charge on any atom is 0.291 e. The number of rotatable bonds is 9. The minimum Gasteiger partial charge on any atom is -0.459 e. The molecule has 4 aromatic rings. The lowest BCUT2D eigenvalue weighted by molar-refractivity contribution is 0.0996. The zero-order valence-electron chi connectivity index (χ0n) is 20.2. The van der Waals surface area contributed by atoms with Crippen LogP contribution in [0.4, 0.5) is 20.2 Å². The largest absolute Gasteiger partial charge is 0.459 e. The van der Waals surface area contributed by atoms with Crippen LogP contribution in [-0.4, -0.2) is 32.7 Å². The quantitative estimate of drug-likeness (QED) is 0.322. The van der Waals surface area contributed by atoms with Gasteiger partial charge in [0.2, 0.25) is 10.0 Å². The van der Waals surface area contributed by atoms with E-state index < -0.39 is 27.6 Å². The number of halogens is 2. The number of sulfonamides is 1. The van der Waals surface area contributed by atoms with Crippen molar-refractivity contribution < 1.29 is 26.4 Å². The summed E-state index contributed by atoms with van der Waals surface area (Å²) in [6.45, 7) is -0.134. The van der Waals surface area contributed by atoms with Gasteiger partial charge >= 0.3 is 0 Å². The Labute approximate surface area is 214 Å². The third-order valence-electron chi connectivity index (χ3n) is 5.63. The lowest BCUT2D eigenvalue weighted by Crippen LogP contribution is -2.31. The average Bonchev–Trinajstić information content (AvgIpc) is 3.40. The Bertz CT molecular complexity index is 1470. The van der Waals surface area contributed by atoms with Gasteiger partial charge in [0.25, 0.3) is 5.91 Å². The van der Waals surface area contributed by atoms with E-state index in [1.165, 1.54) is 53.0 Å². The molecule has 10 heteroatoms. The molecule has 0 bridgehead atoms. The standard InChI is InChI=1S/C27H25F2N3O4S/c1-31(2)25-14-11-23(30-27(33)26-4-3-15-36-26)16-20(25)18-32(17-19-5-7-21(28)8-6-19)37(34,35)24-12-9-22(29)10-13-24/h3-16H,17-18H2,1-2H3,(H,30,33). The predicted octanol–water partition coefficient (Wildman–Crippen LogP) is 5.27. The van der Waals surface area contributed by atoms with Gasteiger partial charge in [0, 0.05) is 38.6 Å². The van der Waals surface area contributed by atoms with Crippen molar-refractivity contribution in [3.05, 3.63) is 114 Å². The van der Waals surface area contributed by atoms with Gasteiger partial charge in [-0.1, -0.05) is 12.1 Å². The number of nitrogens with zero attached hydrogens (tertiary/aromatic N) is 2. The molecular weight excluding hydrogens is 500 g/mol. The molecule has 0 spiro atoms. The topological polar surface area (TPSA) is 82.9 Å². The Morgan fingerprint density at radius 1 is 0.892 bits per heavy atom. The average molecular weight is 526 g/mol. The van der Waals surface area contributed by atoms with Gasteiger partial charge in [-0.2, -0.15) is 4.31 Å². The number of hydrogen-bond donors (Lipinski definition) is 1. The van der Waals surface area contributed by atoms with Gasteiger partial charge in [-0.3, -0.25) is 4.79 Å². The van der Waals surface area contributed by atoms with E-state index in [2.05, 4.69) is 5.32 Å². The lowest BCUT2D eigenvalue weighted by atomic mass is 10.1. The van der Waals surface area contributed by atoms with Crippen molar-refractivity contribution in [2.75, 3.05) is 24.3 Å². The zero-order chi connectivity index (χ0) is 26.6. The van der Waals surface area contributed by atoms with Crippen LogP contribution in [0.1, 0.15) is 21.7 Å². The highest BCUT2D eigenvalue weighted by atomic mass is 32.2. The van der Waals surface area contributed by atoms with Gasteiger partial charge in [0.15, 0.2) is 5.76 Å². The molecule has 7 nitrogen and oxygen atoms in total. The molecule has 0 fully saturated rings. The smallest absolute Gasteiger partial charge is 0.291 e. The van der Waals surface area contributed by atoms with Crippen LogP contribution in [0.3, 0.4) is 0 Å². The van der Waals surface area contributed by atoms with Crippen LogP contribution < -0.4 is 10.2 Å². The first-order chi connectivity index (χ1) is 17.6. The highest BCUT2D eigenvalue weighted by Gasteiger charge is 2.26. The normalized spacial score (nSPS) is 11.5. The van der Waals surface area contributed by atoms with Crippen LogP contribution in [0.5, 0.6) is 0 Å². The van der Waals surface area contributed by atoms with Crippen molar-refractivity contribution >= 4 is 27.3 Å². The summed E-state index contributed by atoms with van der Waals surface area (Å²) >= 11 is 0. The number of furan rings is 1. The Morgan fingerprint density at radius 2 is 1.54 bits per heavy atom. The van der Waals surface area contributed by atoms with E-state index >= 15 is 0 Å². The predicted molar refractivity (Wildman–Crippen MR) is 137 cm³/mol. The van der Waals surface area contributed by atoms with Crippen LogP contribution in [0, 0.1) is 11.6 Å². The van der Waals surface area contributed by atoms with Crippen molar-refractivity contribution in [1.29, 1.82) is 0 Å². The number of carbonyl (C=O) groups is 1. The van der Waals surface area contributed by atoms with Crippen LogP contribution >= 0.6 is 0 Å². The molecule has 4 rings (SSSR count). The number of amides is 1. The number of benzene rings is 3. The van der Waals surface area contributed by atoms with Gasteiger partial charge in [0.1, 0.15) is 11.6 Å². The number of hydrogen-bond acceptors (Lipinski definition) is 5. The van der Waals surface area contributed by atoms with Gasteiger partial charge < -0.3 is 14.6 Å². The second-order valence-electron chi connectivity index (χ2n) is 8.52. The van der Waals surface area contributed by atoms with Gasteiger partial charge in [-0.15, -0.1) is 0 Å². The summed E-state index contributed by atoms with van der Waals surface area (Å²) in [6.07, 6.45) is 1.39. The van der Waals surface area contributed by atoms with E-state index in [9.17, 15) is 22.0 Å². The maximum atomic E-state index is 13.7. The minimum absolute atomic E-state index is 0.0597. The maximum absolute atomic E-state index is 13.7. The second-order valence-corrected chi connectivity index (χ2v) is 10.5. The van der Waals surface area contributed by atoms with Crippen LogP contribution in [0.25, 0.3) is 0 Å². The molecule has 192 valence electrons. The fourth-order valence-corrected chi connectivity index (χ4v) is 5.20. The molecule has 3 aromatic carbocycles. The molecule has 1 aromatic heterocycles. The van der Waals surface area contributed by atoms with Crippen molar-refractivity contribution in [1.82, 2.24) is 4.31 Å². The summed E-state index contributed by atoms with van der Waals surface area (Å²) in [7, 11) is -0.450. The lowest BCUT2D eigenvalue weighted by Gasteiger charge is -2.26. The van der Waals surface area contributed by atoms with Crippen molar-refractivity contribution in [2.45, 2.75) is 18.0 Å². The summed E-state index contributed by atoms with van der Waals surface area (Å²) in [4.78, 5) is 14.2. The van der Waals surface area contributed by atoms with Gasteiger partial charge in [-0.05, 0) is 77.9 Å². The molecule has 37 heavy (non-hydrogen) atoms. The molecule has 1 N–H and O–H groups in total. The fraction of sp³-hybridized carbons (Fsp3) is 0.148. The van der Waals surface area contributed by atoms with E-state index in [0.29, 0.717) is 16.8 Å². The van der Waals surface area contributed by atoms with E-state index in [4.69, 9.17) is 4.42 Å². The monoisotopic (exact) mass is 525 g/mol. The fourth-order valence-electron chi connectivity index (χ4n) is 3.79. The van der Waals surface area contributed by atoms with Crippen molar-refractivity contribution in [3.8, 4) is 0 Å². The molecule has 0 unspecified atom stereocenters. The van der Waals surface area contributed by atoms with E-state index in [-0.39, 0.29) is 23.7 Å². The second kappa shape index (κ2) is 10.9. The first-order valence-corrected chi connectivity index (χ1v) is 12.7. The Hall–Kier alpha value is -4.02. The summed E-state index contributed by atoms with van der Waals surface area (Å²) < 4.78 is 60.7. The molecule has 1 heterocycles. The van der Waals surface area contributed by atoms with Crippen molar-refractivity contribution in [2.24, 2.45) is 0 Å². The van der Waals surface area contributed by atoms with E-state index in [1.807, 2.05) is 19.0 Å². The Balaban J connectivity index is 1.72. The first kappa shape index (κ1) is 26.1. The molecule has 0 aliphatic carbocycles. The summed E-state index contributed by atoms with van der Waals surface area (Å²) in [6, 6.07) is 18.4. The van der Waals surface area contributed by atoms with Crippen LogP contribution in [0.15, 0.2) is 94.4 Å². The minimum atomic E-state index is -4.09. The molecule has 0 saturated heterocycles. The SMILES string of the molecule is CN(C)c1ccc(NC(=O)c2ccco2)cc1CN(Cc1ccc(F)cc1)S(=O)(=O)c1ccc(F)cc1. The molecule has 0 saturated carbocycles. The highest BCUT2D eigenvalue weighted by molar-refractivity contribution is 7.89. The van der Waals surface area contributed by atoms with E-state index in [1.54, 1.807) is 24.3 Å². The summed E-state index contributed by atoms with van der Waals surface area (Å²) in [5.41, 5.74) is 2.35. The summed E-state index contributed by atoms with van der Waals surface area (Å²) in [5, 5.41) is 2.75. The van der Waals surface area contributed by atoms with Crippen molar-refractivity contribution in [3.63, 3.8) is 0 Å². The molecule has 0 atom stereocenters. The van der Waals surface area contributed by atoms with Crippen LogP contribution in [-0.2, 0) is 23.1 Å². The third-order valence-corrected chi connectivity index (χ3v) is 7.44. The molecule has 0 radical (unpaired) electrons. The zero-order valence-corrected chi connectivity index (χ0v) is 21.0. The Morgan fingerprint density at radius 3 is 2.14 bits per heavy atom. The number of nitrogens with one attached hydrogen (secondary N) is 1. The molecule has 0 aliphatic rings. The Kier molecular flexibility index (Phi) is 7.70. The van der Waals surface area contributed by atoms with Crippen LogP contribution in [0.2, 0.25) is 0 Å². The van der Waals surface area contributed by atoms with E-state index in [0.717, 1.165) is 17.8 Å².